The van der Waals surface area contributed by atoms with Gasteiger partial charge in [0.25, 0.3) is 0 Å². The molecule has 0 heterocycles. The van der Waals surface area contributed by atoms with Gasteiger partial charge < -0.3 is 15.3 Å². The van der Waals surface area contributed by atoms with Gasteiger partial charge in [-0.1, -0.05) is 17.7 Å². The molecule has 0 spiro atoms. The van der Waals surface area contributed by atoms with Crippen LogP contribution in [0.1, 0.15) is 29.6 Å². The molecule has 0 atom stereocenters. The Morgan fingerprint density at radius 2 is 2.11 bits per heavy atom. The Balaban J connectivity index is 2.16. The van der Waals surface area contributed by atoms with E-state index in [1.807, 2.05) is 0 Å². The van der Waals surface area contributed by atoms with Crippen molar-refractivity contribution in [2.24, 2.45) is 0 Å². The molecule has 2 rings (SSSR count). The minimum absolute atomic E-state index is 0.0838. The van der Waals surface area contributed by atoms with Crippen LogP contribution in [0, 0.1) is 0 Å². The molecule has 1 aromatic rings. The summed E-state index contributed by atoms with van der Waals surface area (Å²) < 4.78 is 0. The number of nitrogens with one attached hydrogen (secondary N) is 1. The summed E-state index contributed by atoms with van der Waals surface area (Å²) in [6.07, 6.45) is 3.11. The number of rotatable bonds is 3. The summed E-state index contributed by atoms with van der Waals surface area (Å²) >= 11 is 5.84. The summed E-state index contributed by atoms with van der Waals surface area (Å²) in [7, 11) is 1.71. The zero-order valence-electron chi connectivity index (χ0n) is 10.5. The van der Waals surface area contributed by atoms with Gasteiger partial charge >= 0.3 is 12.0 Å². The van der Waals surface area contributed by atoms with Crippen molar-refractivity contribution in [3.05, 3.63) is 28.8 Å². The van der Waals surface area contributed by atoms with Gasteiger partial charge in [0.05, 0.1) is 10.7 Å². The van der Waals surface area contributed by atoms with Gasteiger partial charge in [-0.3, -0.25) is 0 Å². The molecule has 1 aromatic carbocycles. The van der Waals surface area contributed by atoms with Gasteiger partial charge in [-0.2, -0.15) is 0 Å². The van der Waals surface area contributed by atoms with Crippen molar-refractivity contribution in [1.29, 1.82) is 0 Å². The number of amides is 2. The second kappa shape index (κ2) is 5.48. The average molecular weight is 283 g/mol. The minimum atomic E-state index is -1.16. The Kier molecular flexibility index (Phi) is 3.95. The van der Waals surface area contributed by atoms with Crippen molar-refractivity contribution in [2.45, 2.75) is 25.3 Å². The molecule has 0 aromatic heterocycles. The lowest BCUT2D eigenvalue weighted by molar-refractivity contribution is 0.0698. The second-order valence-electron chi connectivity index (χ2n) is 4.59. The van der Waals surface area contributed by atoms with E-state index in [9.17, 15) is 9.59 Å². The number of carboxylic acids is 1. The number of carbonyl (C=O) groups excluding carboxylic acids is 1. The van der Waals surface area contributed by atoms with Crippen molar-refractivity contribution < 1.29 is 14.7 Å². The third-order valence-electron chi connectivity index (χ3n) is 3.41. The van der Waals surface area contributed by atoms with Crippen molar-refractivity contribution >= 4 is 29.3 Å². The Morgan fingerprint density at radius 3 is 2.63 bits per heavy atom. The first kappa shape index (κ1) is 13.7. The lowest BCUT2D eigenvalue weighted by Crippen LogP contribution is -2.43. The van der Waals surface area contributed by atoms with Crippen LogP contribution < -0.4 is 5.32 Å². The van der Waals surface area contributed by atoms with Crippen LogP contribution in [0.2, 0.25) is 5.02 Å². The molecule has 1 aliphatic rings. The summed E-state index contributed by atoms with van der Waals surface area (Å²) in [4.78, 5) is 24.8. The predicted molar refractivity (Wildman–Crippen MR) is 72.8 cm³/mol. The van der Waals surface area contributed by atoms with E-state index in [0.717, 1.165) is 19.3 Å². The van der Waals surface area contributed by atoms with Gasteiger partial charge in [0, 0.05) is 13.1 Å². The quantitative estimate of drug-likeness (QED) is 0.895. The molecule has 2 amide bonds. The van der Waals surface area contributed by atoms with Gasteiger partial charge in [0.15, 0.2) is 0 Å². The average Bonchev–Trinajstić information content (AvgIpc) is 2.25. The summed E-state index contributed by atoms with van der Waals surface area (Å²) in [5.41, 5.74) is 0.135. The number of urea groups is 1. The number of anilines is 1. The summed E-state index contributed by atoms with van der Waals surface area (Å²) in [5.74, 6) is -1.16. The van der Waals surface area contributed by atoms with Crippen molar-refractivity contribution in [3.8, 4) is 0 Å². The van der Waals surface area contributed by atoms with Crippen LogP contribution >= 0.6 is 11.6 Å². The number of nitrogens with zero attached hydrogens (tertiary/aromatic N) is 1. The molecule has 0 bridgehead atoms. The maximum absolute atomic E-state index is 12.0. The maximum atomic E-state index is 12.0. The number of carbonyl (C=O) groups is 2. The molecule has 19 heavy (non-hydrogen) atoms. The number of hydrogen-bond donors (Lipinski definition) is 2. The number of carboxylic acid groups (broad SMARTS) is 1. The summed E-state index contributed by atoms with van der Waals surface area (Å²) in [6, 6.07) is 4.55. The highest BCUT2D eigenvalue weighted by Gasteiger charge is 2.26. The van der Waals surface area contributed by atoms with Crippen LogP contribution in [0.15, 0.2) is 18.2 Å². The lowest BCUT2D eigenvalue weighted by Gasteiger charge is -2.34. The van der Waals surface area contributed by atoms with Crippen molar-refractivity contribution in [2.75, 3.05) is 12.4 Å². The molecule has 0 radical (unpaired) electrons. The van der Waals surface area contributed by atoms with Crippen LogP contribution in [0.3, 0.4) is 0 Å². The first-order valence-corrected chi connectivity index (χ1v) is 6.44. The second-order valence-corrected chi connectivity index (χ2v) is 5.00. The third kappa shape index (κ3) is 2.81. The molecule has 2 N–H and O–H groups in total. The van der Waals surface area contributed by atoms with Gasteiger partial charge in [0.2, 0.25) is 0 Å². The Bertz CT molecular complexity index is 515. The van der Waals surface area contributed by atoms with Gasteiger partial charge in [0.1, 0.15) is 5.56 Å². The van der Waals surface area contributed by atoms with E-state index in [0.29, 0.717) is 0 Å². The summed E-state index contributed by atoms with van der Waals surface area (Å²) in [5, 5.41) is 11.8. The zero-order chi connectivity index (χ0) is 14.0. The first-order chi connectivity index (χ1) is 9.00. The van der Waals surface area contributed by atoms with Crippen LogP contribution in [0.4, 0.5) is 10.5 Å². The van der Waals surface area contributed by atoms with Crippen LogP contribution in [-0.2, 0) is 0 Å². The van der Waals surface area contributed by atoms with Crippen molar-refractivity contribution in [3.63, 3.8) is 0 Å². The van der Waals surface area contributed by atoms with Crippen LogP contribution in [0.5, 0.6) is 0 Å². The van der Waals surface area contributed by atoms with E-state index < -0.39 is 5.97 Å². The molecule has 0 aliphatic heterocycles. The SMILES string of the molecule is CN(C(=O)Nc1cccc(Cl)c1C(=O)O)C1CCC1. The molecular formula is C13H15ClN2O3. The molecule has 0 saturated heterocycles. The normalized spacial score (nSPS) is 14.6. The predicted octanol–water partition coefficient (Wildman–Crippen LogP) is 3.05. The van der Waals surface area contributed by atoms with E-state index in [1.54, 1.807) is 18.0 Å². The van der Waals surface area contributed by atoms with Crippen LogP contribution in [-0.4, -0.2) is 35.1 Å². The molecule has 102 valence electrons. The van der Waals surface area contributed by atoms with Gasteiger partial charge in [-0.25, -0.2) is 9.59 Å². The topological polar surface area (TPSA) is 69.6 Å². The molecular weight excluding hydrogens is 268 g/mol. The Hall–Kier alpha value is -1.75. The molecule has 1 aliphatic carbocycles. The fourth-order valence-electron chi connectivity index (χ4n) is 1.99. The highest BCUT2D eigenvalue weighted by molar-refractivity contribution is 6.34. The fraction of sp³-hybridized carbons (Fsp3) is 0.385. The number of aromatic carboxylic acids is 1. The van der Waals surface area contributed by atoms with Gasteiger partial charge in [-0.15, -0.1) is 0 Å². The zero-order valence-corrected chi connectivity index (χ0v) is 11.3. The Morgan fingerprint density at radius 1 is 1.42 bits per heavy atom. The van der Waals surface area contributed by atoms with E-state index in [-0.39, 0.29) is 28.3 Å². The van der Waals surface area contributed by atoms with E-state index in [2.05, 4.69) is 5.32 Å². The highest BCUT2D eigenvalue weighted by Crippen LogP contribution is 2.27. The van der Waals surface area contributed by atoms with E-state index >= 15 is 0 Å². The van der Waals surface area contributed by atoms with Gasteiger partial charge in [-0.05, 0) is 31.4 Å². The monoisotopic (exact) mass is 282 g/mol. The molecule has 0 unspecified atom stereocenters. The third-order valence-corrected chi connectivity index (χ3v) is 3.73. The molecule has 1 fully saturated rings. The largest absolute Gasteiger partial charge is 0.478 e. The van der Waals surface area contributed by atoms with E-state index in [4.69, 9.17) is 16.7 Å². The highest BCUT2D eigenvalue weighted by atomic mass is 35.5. The fourth-order valence-corrected chi connectivity index (χ4v) is 2.24. The molecule has 6 heteroatoms. The lowest BCUT2D eigenvalue weighted by atomic mass is 9.92. The first-order valence-electron chi connectivity index (χ1n) is 6.06. The number of halogens is 1. The van der Waals surface area contributed by atoms with E-state index in [1.165, 1.54) is 12.1 Å². The number of benzene rings is 1. The van der Waals surface area contributed by atoms with Crippen molar-refractivity contribution in [1.82, 2.24) is 4.90 Å². The maximum Gasteiger partial charge on any atom is 0.339 e. The van der Waals surface area contributed by atoms with Crippen LogP contribution in [0.25, 0.3) is 0 Å². The smallest absolute Gasteiger partial charge is 0.339 e. The standard InChI is InChI=1S/C13H15ClN2O3/c1-16(8-4-2-5-8)13(19)15-10-7-3-6-9(14)11(10)12(17)18/h3,6-8H,2,4-5H2,1H3,(H,15,19)(H,17,18). The molecule has 5 nitrogen and oxygen atoms in total. The summed E-state index contributed by atoms with van der Waals surface area (Å²) in [6.45, 7) is 0. The molecule has 1 saturated carbocycles. The Labute approximate surface area is 116 Å². The number of hydrogen-bond acceptors (Lipinski definition) is 2. The minimum Gasteiger partial charge on any atom is -0.478 e.